The maximum atomic E-state index is 13.0. The number of nitrogens with zero attached hydrogens (tertiary/aromatic N) is 2. The molecule has 0 aromatic heterocycles. The molecule has 0 spiro atoms. The fraction of sp³-hybridized carbons (Fsp3) is 0.304. The molecule has 2 aliphatic carbocycles. The largest absolute Gasteiger partial charge is 0.274 e. The van der Waals surface area contributed by atoms with Crippen LogP contribution >= 0.6 is 0 Å². The molecule has 0 N–H and O–H groups in total. The highest BCUT2D eigenvalue weighted by Crippen LogP contribution is 2.56. The Balaban J connectivity index is 1.31. The molecule has 4 atom stereocenters. The number of carbonyl (C=O) groups excluding carboxylic acids is 4. The molecule has 2 aromatic carbocycles. The van der Waals surface area contributed by atoms with E-state index in [9.17, 15) is 19.2 Å². The molecule has 6 heteroatoms. The zero-order valence-electron chi connectivity index (χ0n) is 15.6. The molecule has 2 saturated carbocycles. The number of amides is 4. The van der Waals surface area contributed by atoms with Gasteiger partial charge in [-0.15, -0.1) is 0 Å². The van der Waals surface area contributed by atoms with E-state index in [-0.39, 0.29) is 35.5 Å². The number of rotatable bonds is 2. The van der Waals surface area contributed by atoms with Crippen molar-refractivity contribution in [3.05, 3.63) is 59.7 Å². The van der Waals surface area contributed by atoms with Crippen LogP contribution in [0.25, 0.3) is 0 Å². The summed E-state index contributed by atoms with van der Waals surface area (Å²) in [6.07, 6.45) is 3.08. The second-order valence-corrected chi connectivity index (χ2v) is 8.40. The first-order valence-electron chi connectivity index (χ1n) is 10.0. The molecule has 29 heavy (non-hydrogen) atoms. The van der Waals surface area contributed by atoms with E-state index in [1.165, 1.54) is 4.90 Å². The Hall–Kier alpha value is -3.28. The van der Waals surface area contributed by atoms with Gasteiger partial charge in [-0.25, -0.2) is 4.90 Å². The number of hydrogen-bond donors (Lipinski definition) is 0. The lowest BCUT2D eigenvalue weighted by Gasteiger charge is -2.19. The summed E-state index contributed by atoms with van der Waals surface area (Å²) in [5.74, 6) is -0.584. The molecule has 4 amide bonds. The molecule has 2 bridgehead atoms. The predicted molar refractivity (Wildman–Crippen MR) is 104 cm³/mol. The lowest BCUT2D eigenvalue weighted by atomic mass is 9.81. The molecular formula is C23H18N2O4. The molecule has 4 aliphatic rings. The minimum atomic E-state index is -0.363. The number of hydrogen-bond acceptors (Lipinski definition) is 4. The first-order valence-corrected chi connectivity index (χ1v) is 10.0. The van der Waals surface area contributed by atoms with Gasteiger partial charge in [0.2, 0.25) is 11.8 Å². The van der Waals surface area contributed by atoms with Crippen molar-refractivity contribution in [2.45, 2.75) is 19.3 Å². The molecule has 0 radical (unpaired) electrons. The zero-order valence-corrected chi connectivity index (χ0v) is 15.6. The van der Waals surface area contributed by atoms with Crippen molar-refractivity contribution in [3.8, 4) is 0 Å². The van der Waals surface area contributed by atoms with Crippen molar-refractivity contribution in [2.75, 3.05) is 9.80 Å². The van der Waals surface area contributed by atoms with E-state index in [2.05, 4.69) is 0 Å². The van der Waals surface area contributed by atoms with Gasteiger partial charge >= 0.3 is 0 Å². The number of carbonyl (C=O) groups is 4. The van der Waals surface area contributed by atoms with Gasteiger partial charge in [0.05, 0.1) is 34.3 Å². The summed E-state index contributed by atoms with van der Waals surface area (Å²) in [6, 6.07) is 13.3. The quantitative estimate of drug-likeness (QED) is 0.744. The van der Waals surface area contributed by atoms with Crippen LogP contribution in [0.2, 0.25) is 0 Å². The van der Waals surface area contributed by atoms with Crippen LogP contribution in [0, 0.1) is 23.7 Å². The van der Waals surface area contributed by atoms with Crippen molar-refractivity contribution in [1.82, 2.24) is 0 Å². The maximum Gasteiger partial charge on any atom is 0.266 e. The summed E-state index contributed by atoms with van der Waals surface area (Å²) in [6.45, 7) is 0. The van der Waals surface area contributed by atoms with Crippen LogP contribution in [0.15, 0.2) is 48.5 Å². The molecule has 1 saturated heterocycles. The molecule has 6 rings (SSSR count). The average molecular weight is 386 g/mol. The highest BCUT2D eigenvalue weighted by molar-refractivity contribution is 6.34. The van der Waals surface area contributed by atoms with E-state index in [0.717, 1.165) is 24.2 Å². The minimum Gasteiger partial charge on any atom is -0.274 e. The summed E-state index contributed by atoms with van der Waals surface area (Å²) < 4.78 is 0. The number of fused-ring (bicyclic) bond motifs is 6. The summed E-state index contributed by atoms with van der Waals surface area (Å²) >= 11 is 0. The van der Waals surface area contributed by atoms with E-state index in [0.29, 0.717) is 34.3 Å². The van der Waals surface area contributed by atoms with Gasteiger partial charge in [0.25, 0.3) is 11.8 Å². The Labute approximate surface area is 167 Å². The van der Waals surface area contributed by atoms with Crippen molar-refractivity contribution in [2.24, 2.45) is 23.7 Å². The highest BCUT2D eigenvalue weighted by atomic mass is 16.2. The molecular weight excluding hydrogens is 368 g/mol. The summed E-state index contributed by atoms with van der Waals surface area (Å²) in [5.41, 5.74) is 1.71. The molecule has 0 unspecified atom stereocenters. The number of benzene rings is 2. The van der Waals surface area contributed by atoms with E-state index < -0.39 is 0 Å². The third-order valence-corrected chi connectivity index (χ3v) is 7.09. The Morgan fingerprint density at radius 2 is 1.07 bits per heavy atom. The second kappa shape index (κ2) is 5.63. The van der Waals surface area contributed by atoms with Gasteiger partial charge in [-0.1, -0.05) is 12.1 Å². The monoisotopic (exact) mass is 386 g/mol. The van der Waals surface area contributed by atoms with E-state index in [1.54, 1.807) is 48.5 Å². The highest BCUT2D eigenvalue weighted by Gasteiger charge is 2.61. The molecule has 2 aliphatic heterocycles. The van der Waals surface area contributed by atoms with Gasteiger partial charge in [-0.3, -0.25) is 24.1 Å². The number of anilines is 2. The van der Waals surface area contributed by atoms with Crippen LogP contribution in [0.3, 0.4) is 0 Å². The Morgan fingerprint density at radius 3 is 1.55 bits per heavy atom. The molecule has 144 valence electrons. The van der Waals surface area contributed by atoms with E-state index in [1.807, 2.05) is 0 Å². The molecule has 2 heterocycles. The molecule has 3 fully saturated rings. The zero-order chi connectivity index (χ0) is 19.9. The Kier molecular flexibility index (Phi) is 3.23. The normalized spacial score (nSPS) is 29.8. The van der Waals surface area contributed by atoms with E-state index >= 15 is 0 Å². The third kappa shape index (κ3) is 2.06. The fourth-order valence-electron chi connectivity index (χ4n) is 5.84. The van der Waals surface area contributed by atoms with Crippen LogP contribution in [0.1, 0.15) is 40.0 Å². The summed E-state index contributed by atoms with van der Waals surface area (Å²) in [4.78, 5) is 53.7. The summed E-state index contributed by atoms with van der Waals surface area (Å²) in [7, 11) is 0. The van der Waals surface area contributed by atoms with Crippen LogP contribution in [-0.2, 0) is 9.59 Å². The van der Waals surface area contributed by atoms with Crippen LogP contribution in [0.4, 0.5) is 11.4 Å². The van der Waals surface area contributed by atoms with Gasteiger partial charge in [-0.05, 0) is 67.5 Å². The van der Waals surface area contributed by atoms with Crippen molar-refractivity contribution in [1.29, 1.82) is 0 Å². The summed E-state index contributed by atoms with van der Waals surface area (Å²) in [5, 5.41) is 0. The Bertz CT molecular complexity index is 1040. The second-order valence-electron chi connectivity index (χ2n) is 8.40. The van der Waals surface area contributed by atoms with Crippen molar-refractivity contribution in [3.63, 3.8) is 0 Å². The van der Waals surface area contributed by atoms with Gasteiger partial charge in [0.1, 0.15) is 0 Å². The maximum absolute atomic E-state index is 13.0. The SMILES string of the molecule is O=C1c2ccccc2C(=O)N1c1ccc(N2C(=O)[C@H]3[C@@H]4CC[C@@H](C4)[C@@H]3C2=O)cc1. The first kappa shape index (κ1) is 16.7. The minimum absolute atomic E-state index is 0.0966. The van der Waals surface area contributed by atoms with Crippen LogP contribution < -0.4 is 9.80 Å². The lowest BCUT2D eigenvalue weighted by molar-refractivity contribution is -0.123. The predicted octanol–water partition coefficient (Wildman–Crippen LogP) is 3.02. The van der Waals surface area contributed by atoms with Crippen LogP contribution in [0.5, 0.6) is 0 Å². The Morgan fingerprint density at radius 1 is 0.621 bits per heavy atom. The van der Waals surface area contributed by atoms with Gasteiger partial charge in [-0.2, -0.15) is 0 Å². The van der Waals surface area contributed by atoms with Gasteiger partial charge < -0.3 is 0 Å². The standard InChI is InChI=1S/C23H18N2O4/c26-20-16-3-1-2-4-17(16)21(27)24(20)14-7-9-15(10-8-14)25-22(28)18-12-5-6-13(11-12)19(18)23(25)29/h1-4,7-10,12-13,18-19H,5-6,11H2/t12-,13+,18-,19-/m0/s1. The lowest BCUT2D eigenvalue weighted by Crippen LogP contribution is -2.33. The average Bonchev–Trinajstić information content (AvgIpc) is 3.47. The van der Waals surface area contributed by atoms with Crippen LogP contribution in [-0.4, -0.2) is 23.6 Å². The van der Waals surface area contributed by atoms with E-state index in [4.69, 9.17) is 0 Å². The molecule has 6 nitrogen and oxygen atoms in total. The third-order valence-electron chi connectivity index (χ3n) is 7.09. The molecule has 2 aromatic rings. The first-order chi connectivity index (χ1) is 14.1. The topological polar surface area (TPSA) is 74.8 Å². The van der Waals surface area contributed by atoms with Gasteiger partial charge in [0.15, 0.2) is 0 Å². The fourth-order valence-corrected chi connectivity index (χ4v) is 5.84. The number of imide groups is 2. The van der Waals surface area contributed by atoms with Crippen molar-refractivity contribution < 1.29 is 19.2 Å². The van der Waals surface area contributed by atoms with Crippen molar-refractivity contribution >= 4 is 35.0 Å². The smallest absolute Gasteiger partial charge is 0.266 e. The van der Waals surface area contributed by atoms with Gasteiger partial charge in [0, 0.05) is 0 Å².